The van der Waals surface area contributed by atoms with Crippen molar-refractivity contribution >= 4 is 5.91 Å². The van der Waals surface area contributed by atoms with Crippen LogP contribution >= 0.6 is 0 Å². The first-order chi connectivity index (χ1) is 8.71. The van der Waals surface area contributed by atoms with Gasteiger partial charge < -0.3 is 15.4 Å². The lowest BCUT2D eigenvalue weighted by Gasteiger charge is -2.14. The molecule has 0 heterocycles. The Kier molecular flexibility index (Phi) is 6.22. The van der Waals surface area contributed by atoms with Gasteiger partial charge in [-0.2, -0.15) is 0 Å². The number of hydrogen-bond donors (Lipinski definition) is 2. The molecule has 0 aliphatic heterocycles. The Bertz CT molecular complexity index is 359. The summed E-state index contributed by atoms with van der Waals surface area (Å²) in [5.41, 5.74) is 1.25. The Morgan fingerprint density at radius 1 is 1.28 bits per heavy atom. The van der Waals surface area contributed by atoms with Gasteiger partial charge in [0.15, 0.2) is 0 Å². The smallest absolute Gasteiger partial charge is 0.223 e. The molecule has 2 N–H and O–H groups in total. The van der Waals surface area contributed by atoms with Crippen LogP contribution in [0.4, 0.5) is 0 Å². The van der Waals surface area contributed by atoms with Crippen LogP contribution in [0.15, 0.2) is 24.3 Å². The van der Waals surface area contributed by atoms with E-state index in [9.17, 15) is 4.79 Å². The summed E-state index contributed by atoms with van der Waals surface area (Å²) in [5, 5.41) is 5.82. The van der Waals surface area contributed by atoms with Gasteiger partial charge >= 0.3 is 0 Å². The number of carbonyl (C=O) groups is 1. The topological polar surface area (TPSA) is 50.4 Å². The van der Waals surface area contributed by atoms with Gasteiger partial charge in [0.1, 0.15) is 5.75 Å². The molecule has 0 fully saturated rings. The van der Waals surface area contributed by atoms with Gasteiger partial charge in [0.05, 0.1) is 13.0 Å². The largest absolute Gasteiger partial charge is 0.493 e. The van der Waals surface area contributed by atoms with Gasteiger partial charge in [-0.05, 0) is 31.2 Å². The van der Waals surface area contributed by atoms with E-state index in [0.717, 1.165) is 12.2 Å². The third-order valence-electron chi connectivity index (χ3n) is 2.92. The maximum Gasteiger partial charge on any atom is 0.223 e. The third-order valence-corrected chi connectivity index (χ3v) is 2.92. The quantitative estimate of drug-likeness (QED) is 0.776. The molecule has 0 saturated carbocycles. The Morgan fingerprint density at radius 3 is 2.44 bits per heavy atom. The molecular weight excluding hydrogens is 228 g/mol. The van der Waals surface area contributed by atoms with Crippen molar-refractivity contribution in [1.82, 2.24) is 10.6 Å². The van der Waals surface area contributed by atoms with Crippen LogP contribution in [0, 0.1) is 0 Å². The second-order valence-corrected chi connectivity index (χ2v) is 4.09. The number of ether oxygens (including phenoxy) is 1. The Morgan fingerprint density at radius 2 is 1.94 bits per heavy atom. The van der Waals surface area contributed by atoms with Crippen LogP contribution in [0.25, 0.3) is 0 Å². The number of rotatable bonds is 7. The summed E-state index contributed by atoms with van der Waals surface area (Å²) in [6.07, 6.45) is 1.43. The van der Waals surface area contributed by atoms with Gasteiger partial charge in [-0.1, -0.05) is 19.1 Å². The van der Waals surface area contributed by atoms with Gasteiger partial charge in [-0.3, -0.25) is 4.79 Å². The van der Waals surface area contributed by atoms with Crippen molar-refractivity contribution in [3.63, 3.8) is 0 Å². The fourth-order valence-electron chi connectivity index (χ4n) is 1.79. The van der Waals surface area contributed by atoms with Crippen LogP contribution in [0.5, 0.6) is 5.75 Å². The molecule has 0 aliphatic rings. The minimum Gasteiger partial charge on any atom is -0.493 e. The van der Waals surface area contributed by atoms with E-state index in [1.54, 1.807) is 7.05 Å². The maximum atomic E-state index is 11.0. The fraction of sp³-hybridized carbons (Fsp3) is 0.500. The van der Waals surface area contributed by atoms with Crippen LogP contribution in [0.1, 0.15) is 31.4 Å². The van der Waals surface area contributed by atoms with Crippen LogP contribution in [-0.2, 0) is 4.79 Å². The highest BCUT2D eigenvalue weighted by Crippen LogP contribution is 2.19. The summed E-state index contributed by atoms with van der Waals surface area (Å²) in [5.74, 6) is 0.793. The fourth-order valence-corrected chi connectivity index (χ4v) is 1.79. The molecule has 1 aromatic rings. The van der Waals surface area contributed by atoms with Crippen molar-refractivity contribution < 1.29 is 9.53 Å². The highest BCUT2D eigenvalue weighted by atomic mass is 16.5. The van der Waals surface area contributed by atoms with Gasteiger partial charge in [-0.25, -0.2) is 0 Å². The van der Waals surface area contributed by atoms with E-state index in [0.29, 0.717) is 19.1 Å². The molecule has 1 unspecified atom stereocenters. The second-order valence-electron chi connectivity index (χ2n) is 4.09. The molecule has 0 radical (unpaired) electrons. The molecule has 4 heteroatoms. The molecule has 1 rings (SSSR count). The average molecular weight is 250 g/mol. The van der Waals surface area contributed by atoms with Crippen molar-refractivity contribution in [2.45, 2.75) is 25.8 Å². The number of hydrogen-bond acceptors (Lipinski definition) is 3. The molecule has 4 nitrogen and oxygen atoms in total. The number of benzene rings is 1. The first kappa shape index (κ1) is 14.5. The molecule has 18 heavy (non-hydrogen) atoms. The van der Waals surface area contributed by atoms with E-state index in [-0.39, 0.29) is 5.91 Å². The van der Waals surface area contributed by atoms with Crippen LogP contribution < -0.4 is 15.4 Å². The van der Waals surface area contributed by atoms with Gasteiger partial charge in [0.25, 0.3) is 0 Å². The normalized spacial score (nSPS) is 11.9. The minimum absolute atomic E-state index is 0.00662. The van der Waals surface area contributed by atoms with Gasteiger partial charge in [0, 0.05) is 13.1 Å². The zero-order chi connectivity index (χ0) is 13.4. The van der Waals surface area contributed by atoms with Crippen molar-refractivity contribution in [2.24, 2.45) is 0 Å². The predicted octanol–water partition coefficient (Wildman–Crippen LogP) is 1.87. The average Bonchev–Trinajstić information content (AvgIpc) is 2.41. The van der Waals surface area contributed by atoms with Crippen molar-refractivity contribution in [1.29, 1.82) is 0 Å². The molecule has 0 aromatic heterocycles. The standard InChI is InChI=1S/C14H22N2O2/c1-4-13(15-2)11-5-7-12(8-6-11)18-10-9-14(17)16-3/h5-8,13,15H,4,9-10H2,1-3H3,(H,16,17). The highest BCUT2D eigenvalue weighted by Gasteiger charge is 2.06. The van der Waals surface area contributed by atoms with E-state index in [1.165, 1.54) is 5.56 Å². The summed E-state index contributed by atoms with van der Waals surface area (Å²) in [6.45, 7) is 2.55. The Balaban J connectivity index is 2.47. The van der Waals surface area contributed by atoms with Gasteiger partial charge in [-0.15, -0.1) is 0 Å². The lowest BCUT2D eigenvalue weighted by molar-refractivity contribution is -0.121. The summed E-state index contributed by atoms with van der Waals surface area (Å²) in [4.78, 5) is 11.0. The summed E-state index contributed by atoms with van der Waals surface area (Å²) in [7, 11) is 3.59. The van der Waals surface area contributed by atoms with Crippen molar-refractivity contribution in [3.05, 3.63) is 29.8 Å². The Hall–Kier alpha value is -1.55. The SMILES string of the molecule is CCC(NC)c1ccc(OCCC(=O)NC)cc1. The number of carbonyl (C=O) groups excluding carboxylic acids is 1. The maximum absolute atomic E-state index is 11.0. The molecule has 1 amide bonds. The van der Waals surface area contributed by atoms with E-state index >= 15 is 0 Å². The first-order valence-corrected chi connectivity index (χ1v) is 6.31. The molecule has 100 valence electrons. The summed E-state index contributed by atoms with van der Waals surface area (Å²) < 4.78 is 5.50. The predicted molar refractivity (Wildman–Crippen MR) is 72.7 cm³/mol. The highest BCUT2D eigenvalue weighted by molar-refractivity contribution is 5.75. The lowest BCUT2D eigenvalue weighted by Crippen LogP contribution is -2.20. The van der Waals surface area contributed by atoms with Gasteiger partial charge in [0.2, 0.25) is 5.91 Å². The monoisotopic (exact) mass is 250 g/mol. The first-order valence-electron chi connectivity index (χ1n) is 6.31. The van der Waals surface area contributed by atoms with Crippen LogP contribution in [0.2, 0.25) is 0 Å². The second kappa shape index (κ2) is 7.71. The zero-order valence-corrected chi connectivity index (χ0v) is 11.3. The van der Waals surface area contributed by atoms with E-state index < -0.39 is 0 Å². The molecule has 0 spiro atoms. The third kappa shape index (κ3) is 4.37. The van der Waals surface area contributed by atoms with Crippen LogP contribution in [0.3, 0.4) is 0 Å². The molecule has 0 saturated heterocycles. The number of amides is 1. The van der Waals surface area contributed by atoms with E-state index in [4.69, 9.17) is 4.74 Å². The zero-order valence-electron chi connectivity index (χ0n) is 11.3. The molecular formula is C14H22N2O2. The summed E-state index contributed by atoms with van der Waals surface area (Å²) >= 11 is 0. The van der Waals surface area contributed by atoms with Crippen molar-refractivity contribution in [3.8, 4) is 5.75 Å². The van der Waals surface area contributed by atoms with E-state index in [2.05, 4.69) is 29.7 Å². The van der Waals surface area contributed by atoms with Crippen molar-refractivity contribution in [2.75, 3.05) is 20.7 Å². The molecule has 0 bridgehead atoms. The lowest BCUT2D eigenvalue weighted by atomic mass is 10.1. The molecule has 1 atom stereocenters. The Labute approximate surface area is 109 Å². The summed E-state index contributed by atoms with van der Waals surface area (Å²) in [6, 6.07) is 8.38. The number of nitrogens with one attached hydrogen (secondary N) is 2. The molecule has 1 aromatic carbocycles. The van der Waals surface area contributed by atoms with E-state index in [1.807, 2.05) is 19.2 Å². The minimum atomic E-state index is -0.00662. The van der Waals surface area contributed by atoms with Crippen LogP contribution in [-0.4, -0.2) is 26.6 Å². The molecule has 0 aliphatic carbocycles.